The number of Topliss-reactive ketones (excluding diaryl/α,β-unsaturated/α-hetero) is 1. The molecule has 0 radical (unpaired) electrons. The van der Waals surface area contributed by atoms with Crippen LogP contribution in [0.15, 0.2) is 65.0 Å². The maximum Gasteiger partial charge on any atom is 0.336 e. The quantitative estimate of drug-likeness (QED) is 0.342. The molecule has 2 aromatic carbocycles. The summed E-state index contributed by atoms with van der Waals surface area (Å²) in [6.45, 7) is 4.12. The van der Waals surface area contributed by atoms with Gasteiger partial charge in [-0.3, -0.25) is 4.79 Å². The Bertz CT molecular complexity index is 1250. The van der Waals surface area contributed by atoms with Crippen molar-refractivity contribution in [1.29, 1.82) is 0 Å². The number of esters is 1. The first-order valence-corrected chi connectivity index (χ1v) is 13.5. The third kappa shape index (κ3) is 5.69. The average Bonchev–Trinajstić information content (AvgIpc) is 2.89. The third-order valence-corrected chi connectivity index (χ3v) is 7.64. The number of carbonyl (C=O) groups excluding carboxylic acids is 2. The van der Waals surface area contributed by atoms with E-state index in [1.54, 1.807) is 45.0 Å². The van der Waals surface area contributed by atoms with E-state index in [2.05, 4.69) is 5.32 Å². The molecule has 0 saturated carbocycles. The molecule has 2 aromatic rings. The molecule has 1 aliphatic carbocycles. The predicted molar refractivity (Wildman–Crippen MR) is 142 cm³/mol. The van der Waals surface area contributed by atoms with Gasteiger partial charge in [-0.15, -0.1) is 0 Å². The lowest BCUT2D eigenvalue weighted by atomic mass is 9.71. The van der Waals surface area contributed by atoms with Crippen LogP contribution in [0.1, 0.15) is 49.7 Å². The Hall–Kier alpha value is -3.26. The minimum atomic E-state index is -0.697. The molecule has 0 bridgehead atoms. The first-order valence-electron chi connectivity index (χ1n) is 12.3. The molecule has 1 N–H and O–H groups in total. The number of hydrogen-bond acceptors (Lipinski definition) is 7. The Morgan fingerprint density at radius 3 is 2.57 bits per heavy atom. The second-order valence-corrected chi connectivity index (χ2v) is 10.4. The summed E-state index contributed by atoms with van der Waals surface area (Å²) in [5.74, 6) is 1.06. The van der Waals surface area contributed by atoms with Crippen LogP contribution in [0.4, 0.5) is 4.39 Å². The van der Waals surface area contributed by atoms with Crippen molar-refractivity contribution in [3.05, 3.63) is 81.9 Å². The van der Waals surface area contributed by atoms with E-state index in [4.69, 9.17) is 14.2 Å². The lowest BCUT2D eigenvalue weighted by Gasteiger charge is -2.36. The van der Waals surface area contributed by atoms with Crippen molar-refractivity contribution in [2.45, 2.75) is 38.5 Å². The van der Waals surface area contributed by atoms with Crippen LogP contribution >= 0.6 is 11.8 Å². The molecule has 2 aliphatic rings. The standard InChI is InChI=1S/C29H32FNO5S/c1-5-37-12-11-36-29(33)26-17(2)31-22-14-20(18-9-10-24(34-3)25(16-18)35-4)15-23(32)28(22)27(26)19-7-6-8-21(30)13-19/h6-10,13,16,20,27,31H,5,11-12,14-15H2,1-4H3/t20-,27-/m0/s1. The van der Waals surface area contributed by atoms with Gasteiger partial charge in [0, 0.05) is 35.1 Å². The number of dihydropyridines is 1. The molecule has 4 rings (SSSR count). The van der Waals surface area contributed by atoms with Gasteiger partial charge in [-0.2, -0.15) is 11.8 Å². The molecular formula is C29H32FNO5S. The number of benzene rings is 2. The number of methoxy groups -OCH3 is 2. The Kier molecular flexibility index (Phi) is 8.59. The van der Waals surface area contributed by atoms with Crippen LogP contribution in [0.2, 0.25) is 0 Å². The zero-order valence-electron chi connectivity index (χ0n) is 21.6. The molecule has 6 nitrogen and oxygen atoms in total. The molecule has 8 heteroatoms. The highest BCUT2D eigenvalue weighted by Crippen LogP contribution is 2.46. The van der Waals surface area contributed by atoms with Crippen LogP contribution in [0, 0.1) is 5.82 Å². The number of ketones is 1. The normalized spacial score (nSPS) is 19.3. The molecule has 0 amide bonds. The monoisotopic (exact) mass is 525 g/mol. The minimum absolute atomic E-state index is 0.0814. The Morgan fingerprint density at radius 2 is 1.86 bits per heavy atom. The first-order chi connectivity index (χ1) is 17.9. The van der Waals surface area contributed by atoms with Crippen LogP contribution in [0.3, 0.4) is 0 Å². The van der Waals surface area contributed by atoms with Crippen molar-refractivity contribution in [3.8, 4) is 11.5 Å². The summed E-state index contributed by atoms with van der Waals surface area (Å²) in [4.78, 5) is 27.0. The number of halogens is 1. The number of rotatable bonds is 9. The van der Waals surface area contributed by atoms with Gasteiger partial charge in [-0.05, 0) is 60.4 Å². The SMILES string of the molecule is CCSCCOC(=O)C1=C(C)NC2=C(C(=O)C[C@@H](c3ccc(OC)c(OC)c3)C2)[C@H]1c1cccc(F)c1. The summed E-state index contributed by atoms with van der Waals surface area (Å²) >= 11 is 1.68. The van der Waals surface area contributed by atoms with Crippen molar-refractivity contribution in [2.24, 2.45) is 0 Å². The third-order valence-electron chi connectivity index (χ3n) is 6.77. The van der Waals surface area contributed by atoms with Gasteiger partial charge in [0.25, 0.3) is 0 Å². The summed E-state index contributed by atoms with van der Waals surface area (Å²) in [6.07, 6.45) is 0.825. The molecule has 1 aliphatic heterocycles. The zero-order chi connectivity index (χ0) is 26.5. The van der Waals surface area contributed by atoms with Crippen LogP contribution in [0.5, 0.6) is 11.5 Å². The number of hydrogen-bond donors (Lipinski definition) is 1. The van der Waals surface area contributed by atoms with E-state index in [1.165, 1.54) is 12.1 Å². The van der Waals surface area contributed by atoms with Gasteiger partial charge in [0.1, 0.15) is 12.4 Å². The van der Waals surface area contributed by atoms with Gasteiger partial charge in [0.05, 0.1) is 19.8 Å². The molecule has 0 saturated heterocycles. The molecule has 1 heterocycles. The Labute approximate surface area is 221 Å². The smallest absolute Gasteiger partial charge is 0.336 e. The fourth-order valence-corrected chi connectivity index (χ4v) is 5.58. The number of ether oxygens (including phenoxy) is 3. The fraction of sp³-hybridized carbons (Fsp3) is 0.379. The van der Waals surface area contributed by atoms with Crippen LogP contribution < -0.4 is 14.8 Å². The van der Waals surface area contributed by atoms with E-state index in [0.717, 1.165) is 17.0 Å². The lowest BCUT2D eigenvalue weighted by Crippen LogP contribution is -2.36. The van der Waals surface area contributed by atoms with Crippen LogP contribution in [-0.2, 0) is 14.3 Å². The molecule has 0 spiro atoms. The predicted octanol–water partition coefficient (Wildman–Crippen LogP) is 5.50. The summed E-state index contributed by atoms with van der Waals surface area (Å²) in [5.41, 5.74) is 3.73. The van der Waals surface area contributed by atoms with E-state index in [9.17, 15) is 14.0 Å². The van der Waals surface area contributed by atoms with Gasteiger partial charge in [0.2, 0.25) is 0 Å². The molecule has 37 heavy (non-hydrogen) atoms. The van der Waals surface area contributed by atoms with E-state index in [-0.39, 0.29) is 24.7 Å². The molecule has 196 valence electrons. The van der Waals surface area contributed by atoms with Gasteiger partial charge in [-0.1, -0.05) is 25.1 Å². The number of carbonyl (C=O) groups is 2. The van der Waals surface area contributed by atoms with E-state index >= 15 is 0 Å². The van der Waals surface area contributed by atoms with Crippen molar-refractivity contribution in [3.63, 3.8) is 0 Å². The highest BCUT2D eigenvalue weighted by Gasteiger charge is 2.41. The summed E-state index contributed by atoms with van der Waals surface area (Å²) < 4.78 is 30.7. The zero-order valence-corrected chi connectivity index (χ0v) is 22.4. The molecule has 2 atom stereocenters. The highest BCUT2D eigenvalue weighted by molar-refractivity contribution is 7.99. The van der Waals surface area contributed by atoms with E-state index < -0.39 is 17.7 Å². The maximum atomic E-state index is 14.3. The van der Waals surface area contributed by atoms with Crippen LogP contribution in [0.25, 0.3) is 0 Å². The Balaban J connectivity index is 1.71. The highest BCUT2D eigenvalue weighted by atomic mass is 32.2. The minimum Gasteiger partial charge on any atom is -0.493 e. The van der Waals surface area contributed by atoms with Gasteiger partial charge in [0.15, 0.2) is 17.3 Å². The van der Waals surface area contributed by atoms with E-state index in [0.29, 0.717) is 46.1 Å². The topological polar surface area (TPSA) is 73.9 Å². The number of thioether (sulfide) groups is 1. The van der Waals surface area contributed by atoms with Crippen molar-refractivity contribution < 1.29 is 28.2 Å². The van der Waals surface area contributed by atoms with Gasteiger partial charge < -0.3 is 19.5 Å². The summed E-state index contributed by atoms with van der Waals surface area (Å²) in [6, 6.07) is 11.8. The molecular weight excluding hydrogens is 493 g/mol. The lowest BCUT2D eigenvalue weighted by molar-refractivity contribution is -0.138. The summed E-state index contributed by atoms with van der Waals surface area (Å²) in [7, 11) is 3.16. The van der Waals surface area contributed by atoms with Crippen LogP contribution in [-0.4, -0.2) is 44.1 Å². The number of nitrogens with one attached hydrogen (secondary N) is 1. The fourth-order valence-electron chi connectivity index (χ4n) is 5.09. The van der Waals surface area contributed by atoms with E-state index in [1.807, 2.05) is 25.1 Å². The second-order valence-electron chi connectivity index (χ2n) is 9.02. The second kappa shape index (κ2) is 11.9. The van der Waals surface area contributed by atoms with Crippen molar-refractivity contribution in [1.82, 2.24) is 5.32 Å². The number of allylic oxidation sites excluding steroid dienone is 3. The Morgan fingerprint density at radius 1 is 1.08 bits per heavy atom. The van der Waals surface area contributed by atoms with Gasteiger partial charge in [-0.25, -0.2) is 9.18 Å². The first kappa shape index (κ1) is 26.8. The van der Waals surface area contributed by atoms with Gasteiger partial charge >= 0.3 is 5.97 Å². The maximum absolute atomic E-state index is 14.3. The van der Waals surface area contributed by atoms with Crippen molar-refractivity contribution in [2.75, 3.05) is 32.3 Å². The molecule has 0 unspecified atom stereocenters. The largest absolute Gasteiger partial charge is 0.493 e. The summed E-state index contributed by atoms with van der Waals surface area (Å²) in [5, 5.41) is 3.33. The molecule has 0 fully saturated rings. The average molecular weight is 526 g/mol. The molecule has 0 aromatic heterocycles. The van der Waals surface area contributed by atoms with Crippen molar-refractivity contribution >= 4 is 23.5 Å².